The van der Waals surface area contributed by atoms with Crippen LogP contribution in [0, 0.1) is 0 Å². The summed E-state index contributed by atoms with van der Waals surface area (Å²) >= 11 is 0. The summed E-state index contributed by atoms with van der Waals surface area (Å²) < 4.78 is 13.9. The lowest BCUT2D eigenvalue weighted by molar-refractivity contribution is -0.151. The van der Waals surface area contributed by atoms with Gasteiger partial charge in [-0.25, -0.2) is 4.79 Å². The maximum atomic E-state index is 10.8. The number of methoxy groups -OCH3 is 1. The SMILES string of the molecule is COC(=O)C1CCC=CO1.O=C1CCC=CO1. The minimum atomic E-state index is -0.380. The first-order valence-electron chi connectivity index (χ1n) is 5.47. The second kappa shape index (κ2) is 7.49. The Bertz CT molecular complexity index is 319. The highest BCUT2D eigenvalue weighted by molar-refractivity contribution is 5.74. The molecule has 0 aliphatic carbocycles. The number of rotatable bonds is 1. The van der Waals surface area contributed by atoms with Crippen molar-refractivity contribution in [3.8, 4) is 0 Å². The molecule has 2 rings (SSSR count). The van der Waals surface area contributed by atoms with Crippen molar-refractivity contribution in [3.05, 3.63) is 24.7 Å². The number of esters is 2. The van der Waals surface area contributed by atoms with Crippen LogP contribution >= 0.6 is 0 Å². The summed E-state index contributed by atoms with van der Waals surface area (Å²) in [6.07, 6.45) is 9.31. The minimum Gasteiger partial charge on any atom is -0.487 e. The van der Waals surface area contributed by atoms with Crippen LogP contribution in [0.25, 0.3) is 0 Å². The number of hydrogen-bond acceptors (Lipinski definition) is 5. The fraction of sp³-hybridized carbons (Fsp3) is 0.500. The van der Waals surface area contributed by atoms with Gasteiger partial charge in [-0.3, -0.25) is 4.79 Å². The van der Waals surface area contributed by atoms with Crippen molar-refractivity contribution in [2.24, 2.45) is 0 Å². The highest BCUT2D eigenvalue weighted by Crippen LogP contribution is 2.10. The van der Waals surface area contributed by atoms with E-state index in [1.807, 2.05) is 12.2 Å². The Kier molecular flexibility index (Phi) is 5.85. The molecule has 2 heterocycles. The number of carbonyl (C=O) groups excluding carboxylic acids is 2. The minimum absolute atomic E-state index is 0.123. The summed E-state index contributed by atoms with van der Waals surface area (Å²) in [6, 6.07) is 0. The van der Waals surface area contributed by atoms with E-state index in [0.717, 1.165) is 19.3 Å². The molecule has 0 aromatic rings. The second-order valence-corrected chi connectivity index (χ2v) is 3.50. The van der Waals surface area contributed by atoms with Crippen LogP contribution in [0.4, 0.5) is 0 Å². The third-order valence-corrected chi connectivity index (χ3v) is 2.21. The average Bonchev–Trinajstić information content (AvgIpc) is 2.40. The second-order valence-electron chi connectivity index (χ2n) is 3.50. The Balaban J connectivity index is 0.000000181. The topological polar surface area (TPSA) is 61.8 Å². The molecule has 5 nitrogen and oxygen atoms in total. The Hall–Kier alpha value is -1.78. The summed E-state index contributed by atoms with van der Waals surface area (Å²) in [7, 11) is 1.37. The summed E-state index contributed by atoms with van der Waals surface area (Å²) in [5, 5.41) is 0. The van der Waals surface area contributed by atoms with Gasteiger partial charge < -0.3 is 14.2 Å². The first kappa shape index (κ1) is 13.3. The van der Waals surface area contributed by atoms with Crippen molar-refractivity contribution in [2.75, 3.05) is 7.11 Å². The van der Waals surface area contributed by atoms with E-state index in [1.165, 1.54) is 13.4 Å². The predicted octanol–water partition coefficient (Wildman–Crippen LogP) is 1.69. The van der Waals surface area contributed by atoms with Crippen LogP contribution in [0.1, 0.15) is 25.7 Å². The van der Waals surface area contributed by atoms with Gasteiger partial charge in [0.15, 0.2) is 6.10 Å². The van der Waals surface area contributed by atoms with Crippen molar-refractivity contribution in [1.29, 1.82) is 0 Å². The van der Waals surface area contributed by atoms with Crippen molar-refractivity contribution in [1.82, 2.24) is 0 Å². The smallest absolute Gasteiger partial charge is 0.347 e. The summed E-state index contributed by atoms with van der Waals surface area (Å²) in [5.41, 5.74) is 0. The van der Waals surface area contributed by atoms with Crippen molar-refractivity contribution in [2.45, 2.75) is 31.8 Å². The molecule has 0 amide bonds. The predicted molar refractivity (Wildman–Crippen MR) is 59.7 cm³/mol. The Morgan fingerprint density at radius 1 is 1.35 bits per heavy atom. The Morgan fingerprint density at radius 3 is 2.53 bits per heavy atom. The van der Waals surface area contributed by atoms with E-state index in [1.54, 1.807) is 6.26 Å². The van der Waals surface area contributed by atoms with Crippen molar-refractivity contribution < 1.29 is 23.8 Å². The molecule has 0 bridgehead atoms. The zero-order valence-electron chi connectivity index (χ0n) is 9.76. The molecular formula is C12H16O5. The first-order chi connectivity index (χ1) is 8.24. The molecule has 0 saturated carbocycles. The van der Waals surface area contributed by atoms with Gasteiger partial charge in [0, 0.05) is 6.42 Å². The van der Waals surface area contributed by atoms with Gasteiger partial charge in [-0.2, -0.15) is 0 Å². The third-order valence-electron chi connectivity index (χ3n) is 2.21. The van der Waals surface area contributed by atoms with Crippen LogP contribution in [-0.2, 0) is 23.8 Å². The quantitative estimate of drug-likeness (QED) is 0.653. The molecule has 0 fully saturated rings. The number of ether oxygens (including phenoxy) is 3. The van der Waals surface area contributed by atoms with Crippen molar-refractivity contribution in [3.63, 3.8) is 0 Å². The van der Waals surface area contributed by atoms with E-state index in [2.05, 4.69) is 9.47 Å². The normalized spacial score (nSPS) is 21.7. The Morgan fingerprint density at radius 2 is 2.12 bits per heavy atom. The number of carbonyl (C=O) groups is 2. The molecule has 2 aliphatic heterocycles. The van der Waals surface area contributed by atoms with Crippen LogP contribution in [0.5, 0.6) is 0 Å². The summed E-state index contributed by atoms with van der Waals surface area (Å²) in [5.74, 6) is -0.410. The lowest BCUT2D eigenvalue weighted by Crippen LogP contribution is -2.25. The van der Waals surface area contributed by atoms with Gasteiger partial charge in [-0.05, 0) is 31.4 Å². The molecule has 2 aliphatic rings. The van der Waals surface area contributed by atoms with E-state index in [0.29, 0.717) is 6.42 Å². The van der Waals surface area contributed by atoms with Gasteiger partial charge in [0.25, 0.3) is 0 Å². The lowest BCUT2D eigenvalue weighted by atomic mass is 10.2. The number of allylic oxidation sites excluding steroid dienone is 2. The molecular weight excluding hydrogens is 224 g/mol. The molecule has 0 saturated heterocycles. The van der Waals surface area contributed by atoms with Gasteiger partial charge in [0.1, 0.15) is 0 Å². The van der Waals surface area contributed by atoms with Crippen LogP contribution in [-0.4, -0.2) is 25.2 Å². The molecule has 17 heavy (non-hydrogen) atoms. The molecule has 1 atom stereocenters. The monoisotopic (exact) mass is 240 g/mol. The van der Waals surface area contributed by atoms with E-state index in [-0.39, 0.29) is 18.0 Å². The van der Waals surface area contributed by atoms with E-state index in [4.69, 9.17) is 4.74 Å². The number of hydrogen-bond donors (Lipinski definition) is 0. The molecule has 0 radical (unpaired) electrons. The third kappa shape index (κ3) is 5.19. The van der Waals surface area contributed by atoms with Crippen LogP contribution in [0.2, 0.25) is 0 Å². The molecule has 5 heteroatoms. The van der Waals surface area contributed by atoms with Crippen LogP contribution in [0.3, 0.4) is 0 Å². The van der Waals surface area contributed by atoms with Gasteiger partial charge in [0.2, 0.25) is 0 Å². The fourth-order valence-electron chi connectivity index (χ4n) is 1.29. The van der Waals surface area contributed by atoms with Crippen LogP contribution < -0.4 is 0 Å². The summed E-state index contributed by atoms with van der Waals surface area (Å²) in [4.78, 5) is 21.0. The van der Waals surface area contributed by atoms with Gasteiger partial charge in [-0.1, -0.05) is 0 Å². The molecule has 0 aromatic carbocycles. The van der Waals surface area contributed by atoms with Gasteiger partial charge in [-0.15, -0.1) is 0 Å². The molecule has 94 valence electrons. The maximum absolute atomic E-state index is 10.8. The maximum Gasteiger partial charge on any atom is 0.347 e. The van der Waals surface area contributed by atoms with Gasteiger partial charge in [0.05, 0.1) is 19.6 Å². The van der Waals surface area contributed by atoms with E-state index in [9.17, 15) is 9.59 Å². The zero-order valence-corrected chi connectivity index (χ0v) is 9.76. The van der Waals surface area contributed by atoms with E-state index >= 15 is 0 Å². The average molecular weight is 240 g/mol. The lowest BCUT2D eigenvalue weighted by Gasteiger charge is -2.15. The largest absolute Gasteiger partial charge is 0.487 e. The molecule has 0 N–H and O–H groups in total. The molecule has 0 aromatic heterocycles. The first-order valence-corrected chi connectivity index (χ1v) is 5.47. The molecule has 0 spiro atoms. The van der Waals surface area contributed by atoms with Crippen molar-refractivity contribution >= 4 is 11.9 Å². The number of cyclic esters (lactones) is 1. The highest BCUT2D eigenvalue weighted by Gasteiger charge is 2.20. The standard InChI is InChI=1S/C7H10O3.C5H6O2/c1-9-7(8)6-4-2-3-5-10-6;6-5-3-1-2-4-7-5/h3,5-6H,2,4H2,1H3;2,4H,1,3H2. The Labute approximate surface area is 100 Å². The van der Waals surface area contributed by atoms with E-state index < -0.39 is 0 Å². The zero-order chi connectivity index (χ0) is 12.5. The highest BCUT2D eigenvalue weighted by atomic mass is 16.6. The van der Waals surface area contributed by atoms with Crippen LogP contribution in [0.15, 0.2) is 24.7 Å². The van der Waals surface area contributed by atoms with Gasteiger partial charge >= 0.3 is 11.9 Å². The fourth-order valence-corrected chi connectivity index (χ4v) is 1.29. The summed E-state index contributed by atoms with van der Waals surface area (Å²) in [6.45, 7) is 0. The molecule has 1 unspecified atom stereocenters.